The van der Waals surface area contributed by atoms with E-state index in [4.69, 9.17) is 18.3 Å². The number of nitrogens with zero attached hydrogens (tertiary/aromatic N) is 2. The summed E-state index contributed by atoms with van der Waals surface area (Å²) in [6.07, 6.45) is 2.49. The molecule has 2 aliphatic rings. The predicted molar refractivity (Wildman–Crippen MR) is 106 cm³/mol. The molecule has 8 nitrogen and oxygen atoms in total. The number of oxazole rings is 1. The summed E-state index contributed by atoms with van der Waals surface area (Å²) in [4.78, 5) is 30.4. The zero-order valence-corrected chi connectivity index (χ0v) is 16.5. The summed E-state index contributed by atoms with van der Waals surface area (Å²) < 4.78 is 22.2. The molecule has 4 heterocycles. The summed E-state index contributed by atoms with van der Waals surface area (Å²) in [5.41, 5.74) is 0.842. The third kappa shape index (κ3) is 3.82. The van der Waals surface area contributed by atoms with Gasteiger partial charge in [0.2, 0.25) is 0 Å². The van der Waals surface area contributed by atoms with Crippen molar-refractivity contribution >= 4 is 16.9 Å². The van der Waals surface area contributed by atoms with Crippen molar-refractivity contribution in [1.82, 2.24) is 9.88 Å². The van der Waals surface area contributed by atoms with Gasteiger partial charge in [0.25, 0.3) is 5.91 Å². The van der Waals surface area contributed by atoms with Crippen LogP contribution in [-0.4, -0.2) is 42.2 Å². The van der Waals surface area contributed by atoms with E-state index in [-0.39, 0.29) is 12.5 Å². The Morgan fingerprint density at radius 1 is 1.17 bits per heavy atom. The van der Waals surface area contributed by atoms with E-state index in [9.17, 15) is 9.59 Å². The van der Waals surface area contributed by atoms with Crippen LogP contribution in [0.5, 0.6) is 5.75 Å². The number of fused-ring (bicyclic) bond motifs is 2. The summed E-state index contributed by atoms with van der Waals surface area (Å²) in [6, 6.07) is 8.22. The van der Waals surface area contributed by atoms with Crippen molar-refractivity contribution in [2.45, 2.75) is 31.7 Å². The Bertz CT molecular complexity index is 1130. The maximum atomic E-state index is 12.7. The van der Waals surface area contributed by atoms with E-state index in [0.29, 0.717) is 36.8 Å². The number of carbonyl (C=O) groups excluding carboxylic acids is 1. The highest BCUT2D eigenvalue weighted by molar-refractivity contribution is 5.79. The van der Waals surface area contributed by atoms with Crippen LogP contribution in [-0.2, 0) is 22.5 Å². The molecular formula is C22H22N2O6. The number of benzene rings is 1. The molecule has 0 N–H and O–H groups in total. The molecule has 0 bridgehead atoms. The van der Waals surface area contributed by atoms with Gasteiger partial charge in [-0.25, -0.2) is 9.78 Å². The molecule has 30 heavy (non-hydrogen) atoms. The third-order valence-electron chi connectivity index (χ3n) is 5.62. The number of hydrogen-bond donors (Lipinski definition) is 0. The van der Waals surface area contributed by atoms with Crippen LogP contribution in [0, 0.1) is 0 Å². The topological polar surface area (TPSA) is 95.0 Å². The summed E-state index contributed by atoms with van der Waals surface area (Å²) in [5, 5.41) is 0.795. The molecule has 8 heteroatoms. The van der Waals surface area contributed by atoms with E-state index < -0.39 is 5.63 Å². The Morgan fingerprint density at radius 3 is 2.87 bits per heavy atom. The van der Waals surface area contributed by atoms with Gasteiger partial charge in [-0.1, -0.05) is 0 Å². The quantitative estimate of drug-likeness (QED) is 0.610. The van der Waals surface area contributed by atoms with Gasteiger partial charge in [0.05, 0.1) is 6.54 Å². The largest absolute Gasteiger partial charge is 0.484 e. The molecule has 2 aliphatic heterocycles. The van der Waals surface area contributed by atoms with Gasteiger partial charge in [-0.05, 0) is 31.0 Å². The molecule has 1 aromatic carbocycles. The number of carbonyl (C=O) groups is 1. The number of amides is 1. The van der Waals surface area contributed by atoms with E-state index in [0.717, 1.165) is 48.8 Å². The second-order valence-corrected chi connectivity index (χ2v) is 7.62. The van der Waals surface area contributed by atoms with Crippen molar-refractivity contribution in [2.24, 2.45) is 0 Å². The predicted octanol–water partition coefficient (Wildman–Crippen LogP) is 2.64. The van der Waals surface area contributed by atoms with Gasteiger partial charge in [-0.15, -0.1) is 0 Å². The lowest BCUT2D eigenvalue weighted by Gasteiger charge is -2.25. The van der Waals surface area contributed by atoms with Crippen molar-refractivity contribution in [1.29, 1.82) is 0 Å². The van der Waals surface area contributed by atoms with Crippen LogP contribution in [0.3, 0.4) is 0 Å². The Kier molecular flexibility index (Phi) is 5.00. The van der Waals surface area contributed by atoms with Crippen LogP contribution in [0.25, 0.3) is 11.0 Å². The number of aromatic nitrogens is 1. The highest BCUT2D eigenvalue weighted by Gasteiger charge is 2.28. The fraction of sp³-hybridized carbons (Fsp3) is 0.409. The van der Waals surface area contributed by atoms with Crippen LogP contribution in [0.4, 0.5) is 0 Å². The summed E-state index contributed by atoms with van der Waals surface area (Å²) in [5.74, 6) is 2.30. The standard InChI is InChI=1S/C22H22N2O6/c25-20(13-28-16-3-1-14-2-4-21(26)29-19(14)11-16)24-8-5-18-17(12-24)23-22(30-18)15-6-9-27-10-7-15/h1-4,11,15H,5-10,12-13H2. The van der Waals surface area contributed by atoms with E-state index in [1.165, 1.54) is 6.07 Å². The first kappa shape index (κ1) is 18.9. The van der Waals surface area contributed by atoms with Crippen molar-refractivity contribution in [3.8, 4) is 5.75 Å². The maximum absolute atomic E-state index is 12.7. The average Bonchev–Trinajstić information content (AvgIpc) is 3.21. The summed E-state index contributed by atoms with van der Waals surface area (Å²) >= 11 is 0. The zero-order valence-electron chi connectivity index (χ0n) is 16.5. The van der Waals surface area contributed by atoms with E-state index in [1.807, 2.05) is 0 Å². The molecular weight excluding hydrogens is 388 g/mol. The van der Waals surface area contributed by atoms with Gasteiger partial charge in [0, 0.05) is 49.6 Å². The first-order valence-corrected chi connectivity index (χ1v) is 10.2. The molecule has 1 saturated heterocycles. The number of hydrogen-bond acceptors (Lipinski definition) is 7. The van der Waals surface area contributed by atoms with Crippen LogP contribution < -0.4 is 10.4 Å². The normalized spacial score (nSPS) is 17.1. The minimum absolute atomic E-state index is 0.0947. The molecule has 0 aliphatic carbocycles. The Balaban J connectivity index is 1.22. The fourth-order valence-electron chi connectivity index (χ4n) is 3.92. The lowest BCUT2D eigenvalue weighted by molar-refractivity contribution is -0.134. The van der Waals surface area contributed by atoms with E-state index in [2.05, 4.69) is 4.98 Å². The molecule has 0 spiro atoms. The molecule has 0 radical (unpaired) electrons. The molecule has 5 rings (SSSR count). The van der Waals surface area contributed by atoms with Gasteiger partial charge in [-0.3, -0.25) is 4.79 Å². The van der Waals surface area contributed by atoms with Crippen LogP contribution in [0.15, 0.2) is 44.0 Å². The van der Waals surface area contributed by atoms with E-state index >= 15 is 0 Å². The van der Waals surface area contributed by atoms with Crippen LogP contribution in [0.2, 0.25) is 0 Å². The average molecular weight is 410 g/mol. The molecule has 156 valence electrons. The fourth-order valence-corrected chi connectivity index (χ4v) is 3.92. The van der Waals surface area contributed by atoms with Crippen molar-refractivity contribution in [2.75, 3.05) is 26.4 Å². The molecule has 2 aromatic heterocycles. The molecule has 1 amide bonds. The SMILES string of the molecule is O=C(COc1ccc2ccc(=O)oc2c1)N1CCc2oc(C3CCOCC3)nc2C1. The summed E-state index contributed by atoms with van der Waals surface area (Å²) in [7, 11) is 0. The highest BCUT2D eigenvalue weighted by Crippen LogP contribution is 2.30. The zero-order chi connectivity index (χ0) is 20.5. The Morgan fingerprint density at radius 2 is 2.00 bits per heavy atom. The molecule has 1 fully saturated rings. The molecule has 0 atom stereocenters. The second kappa shape index (κ2) is 7.95. The first-order chi connectivity index (χ1) is 14.7. The van der Waals surface area contributed by atoms with Gasteiger partial charge in [0.15, 0.2) is 12.5 Å². The smallest absolute Gasteiger partial charge is 0.336 e. The van der Waals surface area contributed by atoms with Crippen molar-refractivity contribution < 1.29 is 23.1 Å². The highest BCUT2D eigenvalue weighted by atomic mass is 16.5. The van der Waals surface area contributed by atoms with E-state index in [1.54, 1.807) is 29.2 Å². The lowest BCUT2D eigenvalue weighted by Crippen LogP contribution is -2.38. The second-order valence-electron chi connectivity index (χ2n) is 7.62. The van der Waals surface area contributed by atoms with Crippen molar-refractivity contribution in [3.05, 3.63) is 58.1 Å². The minimum Gasteiger partial charge on any atom is -0.484 e. The Labute approximate surface area is 172 Å². The van der Waals surface area contributed by atoms with Gasteiger partial charge >= 0.3 is 5.63 Å². The van der Waals surface area contributed by atoms with Crippen LogP contribution >= 0.6 is 0 Å². The lowest BCUT2D eigenvalue weighted by atomic mass is 10.0. The monoisotopic (exact) mass is 410 g/mol. The number of rotatable bonds is 4. The minimum atomic E-state index is -0.424. The molecule has 3 aromatic rings. The third-order valence-corrected chi connectivity index (χ3v) is 5.62. The van der Waals surface area contributed by atoms with Gasteiger partial charge < -0.3 is 23.2 Å². The summed E-state index contributed by atoms with van der Waals surface area (Å²) in [6.45, 7) is 2.37. The number of ether oxygens (including phenoxy) is 2. The Hall–Kier alpha value is -3.13. The first-order valence-electron chi connectivity index (χ1n) is 10.2. The van der Waals surface area contributed by atoms with Gasteiger partial charge in [0.1, 0.15) is 22.8 Å². The van der Waals surface area contributed by atoms with Crippen LogP contribution in [0.1, 0.15) is 36.1 Å². The molecule has 0 unspecified atom stereocenters. The van der Waals surface area contributed by atoms with Crippen molar-refractivity contribution in [3.63, 3.8) is 0 Å². The van der Waals surface area contributed by atoms with Gasteiger partial charge in [-0.2, -0.15) is 0 Å². The maximum Gasteiger partial charge on any atom is 0.336 e. The molecule has 0 saturated carbocycles.